The highest BCUT2D eigenvalue weighted by atomic mass is 16.4. The maximum Gasteiger partial charge on any atom is 0.323 e. The van der Waals surface area contributed by atoms with E-state index in [1.54, 1.807) is 0 Å². The molecular weight excluding hydrogens is 254 g/mol. The van der Waals surface area contributed by atoms with Gasteiger partial charge < -0.3 is 10.0 Å². The first-order valence-electron chi connectivity index (χ1n) is 7.47. The molecule has 0 radical (unpaired) electrons. The van der Waals surface area contributed by atoms with Crippen LogP contribution in [0.15, 0.2) is 0 Å². The van der Waals surface area contributed by atoms with E-state index in [1.807, 2.05) is 0 Å². The molecule has 4 fully saturated rings. The van der Waals surface area contributed by atoms with Crippen molar-refractivity contribution in [3.05, 3.63) is 0 Å². The zero-order chi connectivity index (χ0) is 14.3. The summed E-state index contributed by atoms with van der Waals surface area (Å²) in [6, 6.07) is 0. The van der Waals surface area contributed by atoms with E-state index in [1.165, 1.54) is 24.2 Å². The van der Waals surface area contributed by atoms with Gasteiger partial charge in [0, 0.05) is 0 Å². The van der Waals surface area contributed by atoms with Gasteiger partial charge in [0.25, 0.3) is 0 Å². The van der Waals surface area contributed by atoms with Crippen molar-refractivity contribution in [3.63, 3.8) is 0 Å². The Balaban J connectivity index is 1.81. The highest BCUT2D eigenvalue weighted by molar-refractivity contribution is 5.86. The summed E-state index contributed by atoms with van der Waals surface area (Å²) < 4.78 is 0. The molecule has 4 saturated carbocycles. The summed E-state index contributed by atoms with van der Waals surface area (Å²) in [6.07, 6.45) is 11.9. The molecule has 4 bridgehead atoms. The SMILES string of the molecule is C#CCN(CC(=O)O)C(=O)C12CC3CC(CC(C3)C1)C2. The second kappa shape index (κ2) is 4.80. The molecule has 108 valence electrons. The minimum absolute atomic E-state index is 0.00282. The van der Waals surface area contributed by atoms with E-state index >= 15 is 0 Å². The van der Waals surface area contributed by atoms with Gasteiger partial charge >= 0.3 is 5.97 Å². The largest absolute Gasteiger partial charge is 0.480 e. The number of carbonyl (C=O) groups excluding carboxylic acids is 1. The molecule has 4 aliphatic carbocycles. The quantitative estimate of drug-likeness (QED) is 0.795. The van der Waals surface area contributed by atoms with Crippen LogP contribution in [0.5, 0.6) is 0 Å². The lowest BCUT2D eigenvalue weighted by molar-refractivity contribution is -0.160. The van der Waals surface area contributed by atoms with E-state index in [2.05, 4.69) is 5.92 Å². The number of carboxylic acid groups (broad SMARTS) is 1. The van der Waals surface area contributed by atoms with Gasteiger partial charge in [0.1, 0.15) is 6.54 Å². The number of nitrogens with zero attached hydrogens (tertiary/aromatic N) is 1. The molecule has 0 aromatic heterocycles. The van der Waals surface area contributed by atoms with E-state index in [4.69, 9.17) is 11.5 Å². The summed E-state index contributed by atoms with van der Waals surface area (Å²) in [5.74, 6) is 3.44. The molecule has 0 heterocycles. The van der Waals surface area contributed by atoms with Crippen LogP contribution in [0.25, 0.3) is 0 Å². The molecule has 0 aromatic rings. The fourth-order valence-electron chi connectivity index (χ4n) is 5.18. The molecule has 0 saturated heterocycles. The molecule has 0 atom stereocenters. The zero-order valence-corrected chi connectivity index (χ0v) is 11.7. The van der Waals surface area contributed by atoms with Crippen LogP contribution in [0.3, 0.4) is 0 Å². The summed E-state index contributed by atoms with van der Waals surface area (Å²) in [5.41, 5.74) is -0.305. The molecular formula is C16H21NO3. The van der Waals surface area contributed by atoms with Gasteiger partial charge in [-0.2, -0.15) is 0 Å². The number of carbonyl (C=O) groups is 2. The number of carboxylic acids is 1. The van der Waals surface area contributed by atoms with Crippen molar-refractivity contribution in [1.29, 1.82) is 0 Å². The average Bonchev–Trinajstić information content (AvgIpc) is 2.35. The van der Waals surface area contributed by atoms with Crippen LogP contribution in [0.2, 0.25) is 0 Å². The van der Waals surface area contributed by atoms with Gasteiger partial charge in [-0.25, -0.2) is 0 Å². The minimum atomic E-state index is -0.988. The predicted molar refractivity (Wildman–Crippen MR) is 73.7 cm³/mol. The van der Waals surface area contributed by atoms with E-state index < -0.39 is 5.97 Å². The average molecular weight is 275 g/mol. The molecule has 0 aliphatic heterocycles. The third-order valence-electron chi connectivity index (χ3n) is 5.39. The lowest BCUT2D eigenvalue weighted by atomic mass is 9.49. The van der Waals surface area contributed by atoms with E-state index in [0.29, 0.717) is 17.8 Å². The Kier molecular flexibility index (Phi) is 3.24. The monoisotopic (exact) mass is 275 g/mol. The lowest BCUT2D eigenvalue weighted by Crippen LogP contribution is -2.55. The van der Waals surface area contributed by atoms with Gasteiger partial charge in [0.05, 0.1) is 12.0 Å². The highest BCUT2D eigenvalue weighted by Crippen LogP contribution is 2.60. The van der Waals surface area contributed by atoms with E-state index in [9.17, 15) is 9.59 Å². The van der Waals surface area contributed by atoms with Crippen LogP contribution in [0.4, 0.5) is 0 Å². The molecule has 4 nitrogen and oxygen atoms in total. The fourth-order valence-corrected chi connectivity index (χ4v) is 5.18. The molecule has 20 heavy (non-hydrogen) atoms. The van der Waals surface area contributed by atoms with Gasteiger partial charge in [0.2, 0.25) is 5.91 Å². The number of aliphatic carboxylic acids is 1. The minimum Gasteiger partial charge on any atom is -0.480 e. The lowest BCUT2D eigenvalue weighted by Gasteiger charge is -2.56. The third-order valence-corrected chi connectivity index (χ3v) is 5.39. The number of hydrogen-bond donors (Lipinski definition) is 1. The van der Waals surface area contributed by atoms with Crippen molar-refractivity contribution >= 4 is 11.9 Å². The van der Waals surface area contributed by atoms with Crippen LogP contribution >= 0.6 is 0 Å². The maximum atomic E-state index is 12.9. The molecule has 0 spiro atoms. The molecule has 1 amide bonds. The van der Waals surface area contributed by atoms with Gasteiger partial charge in [0.15, 0.2) is 0 Å². The zero-order valence-electron chi connectivity index (χ0n) is 11.7. The number of rotatable bonds is 4. The predicted octanol–water partition coefficient (Wildman–Crippen LogP) is 1.75. The summed E-state index contributed by atoms with van der Waals surface area (Å²) in [6.45, 7) is -0.169. The van der Waals surface area contributed by atoms with Crippen molar-refractivity contribution in [2.75, 3.05) is 13.1 Å². The topological polar surface area (TPSA) is 57.6 Å². The first-order chi connectivity index (χ1) is 9.52. The standard InChI is InChI=1S/C16H21NO3/c1-2-3-17(10-14(18)19)15(20)16-7-11-4-12(8-16)6-13(5-11)9-16/h1,11-13H,3-10H2,(H,18,19). The number of terminal acetylenes is 1. The van der Waals surface area contributed by atoms with Crippen molar-refractivity contribution in [2.24, 2.45) is 23.2 Å². The van der Waals surface area contributed by atoms with E-state index in [-0.39, 0.29) is 24.4 Å². The highest BCUT2D eigenvalue weighted by Gasteiger charge is 2.55. The molecule has 4 aliphatic rings. The Morgan fingerprint density at radius 1 is 1.15 bits per heavy atom. The van der Waals surface area contributed by atoms with Crippen molar-refractivity contribution in [3.8, 4) is 12.3 Å². The van der Waals surface area contributed by atoms with Gasteiger partial charge in [-0.15, -0.1) is 6.42 Å². The van der Waals surface area contributed by atoms with Crippen molar-refractivity contribution in [2.45, 2.75) is 38.5 Å². The Labute approximate surface area is 119 Å². The molecule has 4 heteroatoms. The Bertz CT molecular complexity index is 441. The van der Waals surface area contributed by atoms with Crippen molar-refractivity contribution in [1.82, 2.24) is 4.90 Å². The van der Waals surface area contributed by atoms with Crippen LogP contribution in [0.1, 0.15) is 38.5 Å². The number of hydrogen-bond acceptors (Lipinski definition) is 2. The second-order valence-electron chi connectivity index (χ2n) is 6.96. The van der Waals surface area contributed by atoms with Crippen LogP contribution in [0, 0.1) is 35.5 Å². The summed E-state index contributed by atoms with van der Waals surface area (Å²) in [5, 5.41) is 8.98. The Morgan fingerprint density at radius 3 is 2.05 bits per heavy atom. The maximum absolute atomic E-state index is 12.9. The summed E-state index contributed by atoms with van der Waals surface area (Å²) in [7, 11) is 0. The number of amides is 1. The first kappa shape index (κ1) is 13.5. The normalized spacial score (nSPS) is 37.5. The summed E-state index contributed by atoms with van der Waals surface area (Å²) >= 11 is 0. The Hall–Kier alpha value is -1.50. The van der Waals surface area contributed by atoms with Crippen LogP contribution in [-0.4, -0.2) is 35.0 Å². The summed E-state index contributed by atoms with van der Waals surface area (Å²) in [4.78, 5) is 25.2. The van der Waals surface area contributed by atoms with Crippen molar-refractivity contribution < 1.29 is 14.7 Å². The van der Waals surface area contributed by atoms with E-state index in [0.717, 1.165) is 19.3 Å². The fraction of sp³-hybridized carbons (Fsp3) is 0.750. The van der Waals surface area contributed by atoms with Crippen LogP contribution < -0.4 is 0 Å². The second-order valence-corrected chi connectivity index (χ2v) is 6.96. The first-order valence-corrected chi connectivity index (χ1v) is 7.47. The molecule has 4 rings (SSSR count). The Morgan fingerprint density at radius 2 is 1.65 bits per heavy atom. The van der Waals surface area contributed by atoms with Gasteiger partial charge in [-0.3, -0.25) is 9.59 Å². The third kappa shape index (κ3) is 2.19. The molecule has 0 aromatic carbocycles. The van der Waals surface area contributed by atoms with Gasteiger partial charge in [-0.1, -0.05) is 5.92 Å². The molecule has 1 N–H and O–H groups in total. The molecule has 0 unspecified atom stereocenters. The smallest absolute Gasteiger partial charge is 0.323 e. The van der Waals surface area contributed by atoms with Crippen LogP contribution in [-0.2, 0) is 9.59 Å². The van der Waals surface area contributed by atoms with Gasteiger partial charge in [-0.05, 0) is 56.3 Å².